The Morgan fingerprint density at radius 2 is 1.72 bits per heavy atom. The molecule has 0 heterocycles. The van der Waals surface area contributed by atoms with Gasteiger partial charge < -0.3 is 10.2 Å². The summed E-state index contributed by atoms with van der Waals surface area (Å²) >= 11 is 3.54. The van der Waals surface area contributed by atoms with Crippen LogP contribution in [0.3, 0.4) is 0 Å². The van der Waals surface area contributed by atoms with E-state index in [2.05, 4.69) is 51.4 Å². The average Bonchev–Trinajstić information content (AvgIpc) is 2.61. The summed E-state index contributed by atoms with van der Waals surface area (Å²) in [7, 11) is 4.03. The summed E-state index contributed by atoms with van der Waals surface area (Å²) in [6.45, 7) is 2.75. The molecule has 0 radical (unpaired) electrons. The van der Waals surface area contributed by atoms with Gasteiger partial charge in [0.2, 0.25) is 5.91 Å². The van der Waals surface area contributed by atoms with Gasteiger partial charge in [0.05, 0.1) is 6.54 Å². The summed E-state index contributed by atoms with van der Waals surface area (Å²) in [5.74, 6) is 0.0666. The SMILES string of the molecule is CN(CC(=O)NCCCN(C)c1ccccc1)Cc1ccccc1Br. The van der Waals surface area contributed by atoms with E-state index in [0.29, 0.717) is 13.1 Å². The molecule has 2 aromatic carbocycles. The van der Waals surface area contributed by atoms with E-state index in [0.717, 1.165) is 24.0 Å². The van der Waals surface area contributed by atoms with Crippen LogP contribution in [-0.4, -0.2) is 44.5 Å². The molecule has 1 N–H and O–H groups in total. The summed E-state index contributed by atoms with van der Waals surface area (Å²) in [4.78, 5) is 16.3. The van der Waals surface area contributed by atoms with Crippen molar-refractivity contribution in [3.63, 3.8) is 0 Å². The summed E-state index contributed by atoms with van der Waals surface area (Å²) < 4.78 is 1.08. The summed E-state index contributed by atoms with van der Waals surface area (Å²) in [6, 6.07) is 18.4. The van der Waals surface area contributed by atoms with Gasteiger partial charge in [-0.3, -0.25) is 9.69 Å². The molecule has 0 unspecified atom stereocenters. The second kappa shape index (κ2) is 10.2. The smallest absolute Gasteiger partial charge is 0.234 e. The maximum atomic E-state index is 12.1. The number of nitrogens with zero attached hydrogens (tertiary/aromatic N) is 2. The molecule has 134 valence electrons. The fourth-order valence-electron chi connectivity index (χ4n) is 2.63. The minimum atomic E-state index is 0.0666. The molecule has 0 saturated heterocycles. The number of carbonyl (C=O) groups is 1. The molecular weight excluding hydrogens is 378 g/mol. The lowest BCUT2D eigenvalue weighted by molar-refractivity contribution is -0.122. The van der Waals surface area contributed by atoms with Gasteiger partial charge in [-0.2, -0.15) is 0 Å². The van der Waals surface area contributed by atoms with Crippen LogP contribution in [0.1, 0.15) is 12.0 Å². The minimum Gasteiger partial charge on any atom is -0.375 e. The number of anilines is 1. The molecule has 0 saturated carbocycles. The van der Waals surface area contributed by atoms with Crippen LogP contribution >= 0.6 is 15.9 Å². The van der Waals surface area contributed by atoms with E-state index in [9.17, 15) is 4.79 Å². The van der Waals surface area contributed by atoms with E-state index < -0.39 is 0 Å². The predicted molar refractivity (Wildman–Crippen MR) is 108 cm³/mol. The standard InChI is InChI=1S/C20H26BrN3O/c1-23(15-17-9-6-7-12-19(17)21)16-20(25)22-13-8-14-24(2)18-10-4-3-5-11-18/h3-7,9-12H,8,13-16H2,1-2H3,(H,22,25). The number of nitrogens with one attached hydrogen (secondary N) is 1. The monoisotopic (exact) mass is 403 g/mol. The Kier molecular flexibility index (Phi) is 7.95. The van der Waals surface area contributed by atoms with Gasteiger partial charge in [0.15, 0.2) is 0 Å². The molecule has 0 aliphatic rings. The highest BCUT2D eigenvalue weighted by molar-refractivity contribution is 9.10. The second-order valence-corrected chi connectivity index (χ2v) is 7.08. The van der Waals surface area contributed by atoms with Crippen LogP contribution in [0.15, 0.2) is 59.1 Å². The Morgan fingerprint density at radius 1 is 1.04 bits per heavy atom. The van der Waals surface area contributed by atoms with Crippen molar-refractivity contribution >= 4 is 27.5 Å². The molecule has 0 bridgehead atoms. The Bertz CT molecular complexity index is 663. The molecule has 0 fully saturated rings. The van der Waals surface area contributed by atoms with Crippen molar-refractivity contribution in [2.24, 2.45) is 0 Å². The first kappa shape index (κ1) is 19.5. The van der Waals surface area contributed by atoms with Crippen LogP contribution in [0.5, 0.6) is 0 Å². The van der Waals surface area contributed by atoms with Gasteiger partial charge in [-0.1, -0.05) is 52.3 Å². The van der Waals surface area contributed by atoms with Crippen LogP contribution < -0.4 is 10.2 Å². The average molecular weight is 404 g/mol. The van der Waals surface area contributed by atoms with Gasteiger partial charge in [0.1, 0.15) is 0 Å². The van der Waals surface area contributed by atoms with Crippen LogP contribution in [0, 0.1) is 0 Å². The number of likely N-dealkylation sites (N-methyl/N-ethyl adjacent to an activating group) is 1. The first-order valence-corrected chi connectivity index (χ1v) is 9.30. The number of carbonyl (C=O) groups excluding carboxylic acids is 1. The third kappa shape index (κ3) is 6.88. The Hall–Kier alpha value is -1.85. The van der Waals surface area contributed by atoms with E-state index in [4.69, 9.17) is 0 Å². The van der Waals surface area contributed by atoms with Gasteiger partial charge in [0, 0.05) is 36.8 Å². The van der Waals surface area contributed by atoms with Crippen LogP contribution in [0.25, 0.3) is 0 Å². The maximum Gasteiger partial charge on any atom is 0.234 e. The Balaban J connectivity index is 1.64. The molecule has 2 rings (SSSR count). The van der Waals surface area contributed by atoms with Crippen molar-refractivity contribution in [1.82, 2.24) is 10.2 Å². The van der Waals surface area contributed by atoms with Gasteiger partial charge >= 0.3 is 0 Å². The molecule has 0 aliphatic heterocycles. The molecule has 1 amide bonds. The Labute approximate surface area is 159 Å². The van der Waals surface area contributed by atoms with Crippen molar-refractivity contribution in [1.29, 1.82) is 0 Å². The first-order valence-electron chi connectivity index (χ1n) is 8.51. The molecule has 0 spiro atoms. The van der Waals surface area contributed by atoms with Gasteiger partial charge in [-0.25, -0.2) is 0 Å². The second-order valence-electron chi connectivity index (χ2n) is 6.22. The lowest BCUT2D eigenvalue weighted by atomic mass is 10.2. The fourth-order valence-corrected chi connectivity index (χ4v) is 3.04. The molecule has 4 nitrogen and oxygen atoms in total. The van der Waals surface area contributed by atoms with Gasteiger partial charge in [-0.05, 0) is 37.2 Å². The third-order valence-corrected chi connectivity index (χ3v) is 4.77. The fraction of sp³-hybridized carbons (Fsp3) is 0.350. The van der Waals surface area contributed by atoms with E-state index in [-0.39, 0.29) is 5.91 Å². The number of para-hydroxylation sites is 1. The number of hydrogen-bond acceptors (Lipinski definition) is 3. The van der Waals surface area contributed by atoms with E-state index in [1.807, 2.05) is 48.3 Å². The van der Waals surface area contributed by atoms with Crippen LogP contribution in [0.2, 0.25) is 0 Å². The summed E-state index contributed by atoms with van der Waals surface area (Å²) in [5.41, 5.74) is 2.38. The van der Waals surface area contributed by atoms with Crippen LogP contribution in [-0.2, 0) is 11.3 Å². The van der Waals surface area contributed by atoms with Crippen molar-refractivity contribution in [3.05, 3.63) is 64.6 Å². The van der Waals surface area contributed by atoms with Crippen molar-refractivity contribution in [2.75, 3.05) is 38.6 Å². The van der Waals surface area contributed by atoms with Gasteiger partial charge in [0.25, 0.3) is 0 Å². The molecular formula is C20H26BrN3O. The minimum absolute atomic E-state index is 0.0666. The summed E-state index contributed by atoms with van der Waals surface area (Å²) in [6.07, 6.45) is 0.922. The molecule has 0 aliphatic carbocycles. The lowest BCUT2D eigenvalue weighted by Crippen LogP contribution is -2.36. The molecule has 2 aromatic rings. The molecule has 5 heteroatoms. The lowest BCUT2D eigenvalue weighted by Gasteiger charge is -2.20. The topological polar surface area (TPSA) is 35.6 Å². The molecule has 0 aromatic heterocycles. The number of amides is 1. The van der Waals surface area contributed by atoms with E-state index in [1.54, 1.807) is 0 Å². The van der Waals surface area contributed by atoms with Gasteiger partial charge in [-0.15, -0.1) is 0 Å². The third-order valence-electron chi connectivity index (χ3n) is 4.00. The Morgan fingerprint density at radius 3 is 2.44 bits per heavy atom. The zero-order chi connectivity index (χ0) is 18.1. The summed E-state index contributed by atoms with van der Waals surface area (Å²) in [5, 5.41) is 3.00. The zero-order valence-electron chi connectivity index (χ0n) is 14.9. The maximum absolute atomic E-state index is 12.1. The van der Waals surface area contributed by atoms with Crippen molar-refractivity contribution < 1.29 is 4.79 Å². The highest BCUT2D eigenvalue weighted by Gasteiger charge is 2.08. The highest BCUT2D eigenvalue weighted by Crippen LogP contribution is 2.17. The van der Waals surface area contributed by atoms with E-state index in [1.165, 1.54) is 11.3 Å². The number of hydrogen-bond donors (Lipinski definition) is 1. The predicted octanol–water partition coefficient (Wildman–Crippen LogP) is 3.52. The highest BCUT2D eigenvalue weighted by atomic mass is 79.9. The van der Waals surface area contributed by atoms with Crippen molar-refractivity contribution in [3.8, 4) is 0 Å². The number of halogens is 1. The normalized spacial score (nSPS) is 10.7. The first-order chi connectivity index (χ1) is 12.1. The van der Waals surface area contributed by atoms with E-state index >= 15 is 0 Å². The largest absolute Gasteiger partial charge is 0.375 e. The molecule has 0 atom stereocenters. The number of rotatable bonds is 9. The quantitative estimate of drug-likeness (QED) is 0.650. The van der Waals surface area contributed by atoms with Crippen LogP contribution in [0.4, 0.5) is 5.69 Å². The van der Waals surface area contributed by atoms with Crippen molar-refractivity contribution in [2.45, 2.75) is 13.0 Å². The molecule has 25 heavy (non-hydrogen) atoms. The number of benzene rings is 2. The zero-order valence-corrected chi connectivity index (χ0v) is 16.5.